The van der Waals surface area contributed by atoms with Gasteiger partial charge in [-0.05, 0) is 12.1 Å². The van der Waals surface area contributed by atoms with Gasteiger partial charge in [-0.15, -0.1) is 8.78 Å². The lowest BCUT2D eigenvalue weighted by Gasteiger charge is -2.06. The number of carbonyl (C=O) groups excluding carboxylic acids is 1. The number of fused-ring (bicyclic) bond motifs is 1. The molecule has 2 aromatic rings. The summed E-state index contributed by atoms with van der Waals surface area (Å²) in [5, 5.41) is 8.93. The molecule has 0 fully saturated rings. The van der Waals surface area contributed by atoms with Crippen LogP contribution in [0.4, 0.5) is 25.0 Å². The minimum atomic E-state index is -3.68. The first kappa shape index (κ1) is 13.2. The minimum Gasteiger partial charge on any atom is -0.395 e. The molecular weight excluding hydrogens is 286 g/mol. The molecular formula is C12H10F2N4O3. The molecule has 1 aliphatic heterocycles. The van der Waals surface area contributed by atoms with Crippen LogP contribution in [0.25, 0.3) is 0 Å². The Morgan fingerprint density at radius 2 is 1.95 bits per heavy atom. The molecule has 0 bridgehead atoms. The van der Waals surface area contributed by atoms with E-state index in [0.717, 1.165) is 0 Å². The zero-order valence-corrected chi connectivity index (χ0v) is 10.8. The van der Waals surface area contributed by atoms with Crippen molar-refractivity contribution in [3.63, 3.8) is 0 Å². The van der Waals surface area contributed by atoms with E-state index in [1.54, 1.807) is 13.2 Å². The highest BCUT2D eigenvalue weighted by atomic mass is 19.3. The number of hydrogen-bond acceptors (Lipinski definition) is 4. The Morgan fingerprint density at radius 3 is 2.67 bits per heavy atom. The summed E-state index contributed by atoms with van der Waals surface area (Å²) in [6, 6.07) is 3.43. The second kappa shape index (κ2) is 4.62. The van der Waals surface area contributed by atoms with Crippen LogP contribution in [0.2, 0.25) is 0 Å². The van der Waals surface area contributed by atoms with Crippen LogP contribution in [0.15, 0.2) is 30.6 Å². The Bertz CT molecular complexity index is 702. The van der Waals surface area contributed by atoms with Crippen molar-refractivity contribution < 1.29 is 23.0 Å². The van der Waals surface area contributed by atoms with Crippen molar-refractivity contribution in [2.45, 2.75) is 6.29 Å². The summed E-state index contributed by atoms with van der Waals surface area (Å²) >= 11 is 0. The average Bonchev–Trinajstić information content (AvgIpc) is 2.90. The second-order valence-electron chi connectivity index (χ2n) is 4.31. The van der Waals surface area contributed by atoms with Gasteiger partial charge in [-0.3, -0.25) is 4.68 Å². The molecule has 0 atom stereocenters. The molecule has 2 heterocycles. The molecule has 3 rings (SSSR count). The number of amides is 2. The molecule has 0 radical (unpaired) electrons. The first-order chi connectivity index (χ1) is 9.91. The predicted octanol–water partition coefficient (Wildman–Crippen LogP) is 2.39. The van der Waals surface area contributed by atoms with Gasteiger partial charge < -0.3 is 20.1 Å². The third kappa shape index (κ3) is 2.86. The molecule has 2 amide bonds. The number of ether oxygens (including phenoxy) is 2. The van der Waals surface area contributed by atoms with Crippen molar-refractivity contribution in [2.75, 3.05) is 10.6 Å². The van der Waals surface area contributed by atoms with E-state index in [9.17, 15) is 13.6 Å². The van der Waals surface area contributed by atoms with Crippen LogP contribution in [0, 0.1) is 0 Å². The van der Waals surface area contributed by atoms with Gasteiger partial charge >= 0.3 is 12.3 Å². The summed E-state index contributed by atoms with van der Waals surface area (Å²) in [4.78, 5) is 11.7. The molecule has 2 N–H and O–H groups in total. The molecule has 0 unspecified atom stereocenters. The maximum Gasteiger partial charge on any atom is 0.586 e. The maximum atomic E-state index is 12.9. The molecule has 0 aliphatic carbocycles. The van der Waals surface area contributed by atoms with Gasteiger partial charge in [-0.25, -0.2) is 4.79 Å². The Hall–Kier alpha value is -2.84. The van der Waals surface area contributed by atoms with Crippen molar-refractivity contribution in [3.05, 3.63) is 30.6 Å². The fraction of sp³-hybridized carbons (Fsp3) is 0.167. The van der Waals surface area contributed by atoms with Crippen LogP contribution in [-0.2, 0) is 7.05 Å². The lowest BCUT2D eigenvalue weighted by molar-refractivity contribution is -0.286. The largest absolute Gasteiger partial charge is 0.586 e. The van der Waals surface area contributed by atoms with E-state index in [2.05, 4.69) is 25.2 Å². The van der Waals surface area contributed by atoms with Gasteiger partial charge in [0.25, 0.3) is 0 Å². The molecule has 0 spiro atoms. The van der Waals surface area contributed by atoms with Crippen molar-refractivity contribution in [1.29, 1.82) is 0 Å². The number of urea groups is 1. The lowest BCUT2D eigenvalue weighted by atomic mass is 10.3. The van der Waals surface area contributed by atoms with Crippen molar-refractivity contribution in [2.24, 2.45) is 7.05 Å². The van der Waals surface area contributed by atoms with E-state index < -0.39 is 12.3 Å². The van der Waals surface area contributed by atoms with Gasteiger partial charge in [-0.2, -0.15) is 5.10 Å². The van der Waals surface area contributed by atoms with Crippen LogP contribution in [-0.4, -0.2) is 22.1 Å². The smallest absolute Gasteiger partial charge is 0.395 e. The van der Waals surface area contributed by atoms with Crippen molar-refractivity contribution >= 4 is 17.4 Å². The summed E-state index contributed by atoms with van der Waals surface area (Å²) in [5.74, 6) is -0.225. The predicted molar refractivity (Wildman–Crippen MR) is 68.5 cm³/mol. The zero-order valence-electron chi connectivity index (χ0n) is 10.8. The summed E-state index contributed by atoms with van der Waals surface area (Å²) in [7, 11) is 1.71. The number of nitrogens with zero attached hydrogens (tertiary/aromatic N) is 2. The second-order valence-corrected chi connectivity index (χ2v) is 4.31. The Kier molecular flexibility index (Phi) is 2.89. The number of rotatable bonds is 2. The van der Waals surface area contributed by atoms with Gasteiger partial charge in [0.05, 0.1) is 11.9 Å². The van der Waals surface area contributed by atoms with E-state index in [1.165, 1.54) is 29.1 Å². The highest BCUT2D eigenvalue weighted by Crippen LogP contribution is 2.42. The Morgan fingerprint density at radius 1 is 1.24 bits per heavy atom. The first-order valence-corrected chi connectivity index (χ1v) is 5.88. The van der Waals surface area contributed by atoms with E-state index in [4.69, 9.17) is 0 Å². The number of alkyl halides is 2. The first-order valence-electron chi connectivity index (χ1n) is 5.88. The highest BCUT2D eigenvalue weighted by Gasteiger charge is 2.43. The van der Waals surface area contributed by atoms with Gasteiger partial charge in [-0.1, -0.05) is 0 Å². The SMILES string of the molecule is Cn1cc(NC(=O)Nc2ccc3c(c2)OC(F)(F)O3)cn1. The molecule has 0 saturated carbocycles. The van der Waals surface area contributed by atoms with Crippen molar-refractivity contribution in [3.8, 4) is 11.5 Å². The zero-order chi connectivity index (χ0) is 15.0. The van der Waals surface area contributed by atoms with E-state index >= 15 is 0 Å². The maximum absolute atomic E-state index is 12.9. The monoisotopic (exact) mass is 296 g/mol. The van der Waals surface area contributed by atoms with Crippen LogP contribution in [0.3, 0.4) is 0 Å². The van der Waals surface area contributed by atoms with Gasteiger partial charge in [0, 0.05) is 25.0 Å². The summed E-state index contributed by atoms with van der Waals surface area (Å²) < 4.78 is 35.8. The summed E-state index contributed by atoms with van der Waals surface area (Å²) in [6.45, 7) is 0. The number of anilines is 2. The van der Waals surface area contributed by atoms with E-state index in [-0.39, 0.29) is 17.2 Å². The normalized spacial score (nSPS) is 14.8. The number of nitrogens with one attached hydrogen (secondary N) is 2. The molecule has 1 aliphatic rings. The Labute approximate surface area is 117 Å². The topological polar surface area (TPSA) is 77.4 Å². The average molecular weight is 296 g/mol. The molecule has 7 nitrogen and oxygen atoms in total. The molecule has 0 saturated heterocycles. The van der Waals surface area contributed by atoms with Gasteiger partial charge in [0.2, 0.25) is 0 Å². The van der Waals surface area contributed by atoms with Gasteiger partial charge in [0.1, 0.15) is 0 Å². The molecule has 9 heteroatoms. The standard InChI is InChI=1S/C12H10F2N4O3/c1-18-6-8(5-15-18)17-11(19)16-7-2-3-9-10(4-7)21-12(13,14)20-9/h2-6H,1H3,(H2,16,17,19). The Balaban J connectivity index is 1.67. The fourth-order valence-electron chi connectivity index (χ4n) is 1.81. The number of halogens is 2. The minimum absolute atomic E-state index is 0.0850. The van der Waals surface area contributed by atoms with Crippen LogP contribution < -0.4 is 20.1 Å². The number of aromatic nitrogens is 2. The van der Waals surface area contributed by atoms with E-state index in [0.29, 0.717) is 5.69 Å². The van der Waals surface area contributed by atoms with Gasteiger partial charge in [0.15, 0.2) is 11.5 Å². The van der Waals surface area contributed by atoms with Crippen LogP contribution >= 0.6 is 0 Å². The third-order valence-corrected chi connectivity index (χ3v) is 2.62. The number of carbonyl (C=O) groups is 1. The fourth-order valence-corrected chi connectivity index (χ4v) is 1.81. The molecule has 110 valence electrons. The number of benzene rings is 1. The lowest BCUT2D eigenvalue weighted by Crippen LogP contribution is -2.25. The molecule has 1 aromatic carbocycles. The van der Waals surface area contributed by atoms with E-state index in [1.807, 2.05) is 0 Å². The molecule has 1 aromatic heterocycles. The summed E-state index contributed by atoms with van der Waals surface area (Å²) in [6.07, 6.45) is -0.599. The van der Waals surface area contributed by atoms with Crippen LogP contribution in [0.5, 0.6) is 11.5 Å². The number of aryl methyl sites for hydroxylation is 1. The molecule has 21 heavy (non-hydrogen) atoms. The van der Waals surface area contributed by atoms with Crippen LogP contribution in [0.1, 0.15) is 0 Å². The third-order valence-electron chi connectivity index (χ3n) is 2.62. The quantitative estimate of drug-likeness (QED) is 0.892. The van der Waals surface area contributed by atoms with Crippen molar-refractivity contribution in [1.82, 2.24) is 9.78 Å². The highest BCUT2D eigenvalue weighted by molar-refractivity contribution is 5.99. The number of hydrogen-bond donors (Lipinski definition) is 2. The summed E-state index contributed by atoms with van der Waals surface area (Å²) in [5.41, 5.74) is 0.790.